The Labute approximate surface area is 99.1 Å². The van der Waals surface area contributed by atoms with Crippen molar-refractivity contribution in [3.63, 3.8) is 0 Å². The average Bonchev–Trinajstić information content (AvgIpc) is 2.63. The molecule has 1 rings (SSSR count). The van der Waals surface area contributed by atoms with Crippen LogP contribution in [0.1, 0.15) is 13.3 Å². The number of rotatable bonds is 6. The number of carbonyl (C=O) groups excluding carboxylic acids is 2. The standard InChI is InChI=1S/C10H17N5O2/c1-7(3-11)2-10(17)14-8-4-13-15(5-8)6-9(12)16/h4-5,7H,2-3,6,11H2,1H3,(H2,12,16)(H,14,17). The summed E-state index contributed by atoms with van der Waals surface area (Å²) in [5.41, 5.74) is 11.0. The Hall–Kier alpha value is -1.89. The van der Waals surface area contributed by atoms with Gasteiger partial charge in [-0.3, -0.25) is 14.3 Å². The van der Waals surface area contributed by atoms with E-state index in [9.17, 15) is 9.59 Å². The molecular weight excluding hydrogens is 222 g/mol. The zero-order valence-electron chi connectivity index (χ0n) is 9.72. The summed E-state index contributed by atoms with van der Waals surface area (Å²) in [4.78, 5) is 22.2. The molecule has 5 N–H and O–H groups in total. The minimum absolute atomic E-state index is 0.00489. The molecule has 7 heteroatoms. The van der Waals surface area contributed by atoms with Crippen molar-refractivity contribution in [2.45, 2.75) is 19.9 Å². The summed E-state index contributed by atoms with van der Waals surface area (Å²) in [5, 5.41) is 6.56. The van der Waals surface area contributed by atoms with Gasteiger partial charge in [0.1, 0.15) is 6.54 Å². The molecule has 1 aromatic rings. The van der Waals surface area contributed by atoms with Crippen LogP contribution in [-0.4, -0.2) is 28.1 Å². The summed E-state index contributed by atoms with van der Waals surface area (Å²) in [6.07, 6.45) is 3.38. The molecule has 0 aliphatic carbocycles. The maximum Gasteiger partial charge on any atom is 0.239 e. The molecule has 0 saturated carbocycles. The van der Waals surface area contributed by atoms with Crippen molar-refractivity contribution < 1.29 is 9.59 Å². The second kappa shape index (κ2) is 6.00. The number of hydrogen-bond donors (Lipinski definition) is 3. The number of carbonyl (C=O) groups is 2. The first-order valence-corrected chi connectivity index (χ1v) is 5.32. The van der Waals surface area contributed by atoms with Crippen molar-refractivity contribution in [2.24, 2.45) is 17.4 Å². The fraction of sp³-hybridized carbons (Fsp3) is 0.500. The van der Waals surface area contributed by atoms with Crippen LogP contribution in [0.25, 0.3) is 0 Å². The smallest absolute Gasteiger partial charge is 0.239 e. The van der Waals surface area contributed by atoms with E-state index in [0.717, 1.165) is 0 Å². The van der Waals surface area contributed by atoms with E-state index in [2.05, 4.69) is 10.4 Å². The molecule has 0 fully saturated rings. The van der Waals surface area contributed by atoms with Crippen molar-refractivity contribution in [3.05, 3.63) is 12.4 Å². The van der Waals surface area contributed by atoms with Gasteiger partial charge < -0.3 is 16.8 Å². The van der Waals surface area contributed by atoms with Gasteiger partial charge in [-0.15, -0.1) is 0 Å². The van der Waals surface area contributed by atoms with E-state index in [1.54, 1.807) is 6.20 Å². The van der Waals surface area contributed by atoms with E-state index < -0.39 is 5.91 Å². The highest BCUT2D eigenvalue weighted by atomic mass is 16.2. The first-order valence-electron chi connectivity index (χ1n) is 5.32. The van der Waals surface area contributed by atoms with Gasteiger partial charge >= 0.3 is 0 Å². The lowest BCUT2D eigenvalue weighted by atomic mass is 10.1. The Balaban J connectivity index is 2.48. The topological polar surface area (TPSA) is 116 Å². The number of aromatic nitrogens is 2. The summed E-state index contributed by atoms with van der Waals surface area (Å²) < 4.78 is 1.37. The quantitative estimate of drug-likeness (QED) is 0.608. The van der Waals surface area contributed by atoms with Crippen molar-refractivity contribution >= 4 is 17.5 Å². The summed E-state index contributed by atoms with van der Waals surface area (Å²) >= 11 is 0. The van der Waals surface area contributed by atoms with Crippen LogP contribution in [0, 0.1) is 5.92 Å². The number of primary amides is 1. The highest BCUT2D eigenvalue weighted by Crippen LogP contribution is 2.07. The van der Waals surface area contributed by atoms with E-state index in [0.29, 0.717) is 18.7 Å². The summed E-state index contributed by atoms with van der Waals surface area (Å²) in [5.74, 6) is -0.472. The average molecular weight is 239 g/mol. The van der Waals surface area contributed by atoms with Crippen LogP contribution in [0.3, 0.4) is 0 Å². The van der Waals surface area contributed by atoms with Gasteiger partial charge in [0.05, 0.1) is 11.9 Å². The molecule has 1 unspecified atom stereocenters. The maximum atomic E-state index is 11.5. The van der Waals surface area contributed by atoms with Crippen molar-refractivity contribution in [3.8, 4) is 0 Å². The zero-order valence-corrected chi connectivity index (χ0v) is 9.72. The van der Waals surface area contributed by atoms with Gasteiger partial charge in [0.15, 0.2) is 0 Å². The number of hydrogen-bond acceptors (Lipinski definition) is 4. The van der Waals surface area contributed by atoms with Crippen molar-refractivity contribution in [2.75, 3.05) is 11.9 Å². The minimum Gasteiger partial charge on any atom is -0.368 e. The van der Waals surface area contributed by atoms with Crippen LogP contribution in [-0.2, 0) is 16.1 Å². The molecule has 7 nitrogen and oxygen atoms in total. The van der Waals surface area contributed by atoms with Crippen molar-refractivity contribution in [1.29, 1.82) is 0 Å². The molecule has 0 aliphatic rings. The third-order valence-corrected chi connectivity index (χ3v) is 2.17. The number of nitrogens with one attached hydrogen (secondary N) is 1. The first-order chi connectivity index (χ1) is 8.01. The second-order valence-corrected chi connectivity index (χ2v) is 3.99. The molecule has 1 aromatic heterocycles. The molecule has 1 heterocycles. The molecule has 0 saturated heterocycles. The van der Waals surface area contributed by atoms with E-state index in [4.69, 9.17) is 11.5 Å². The van der Waals surface area contributed by atoms with Gasteiger partial charge in [-0.1, -0.05) is 6.92 Å². The van der Waals surface area contributed by atoms with Crippen LogP contribution in [0.15, 0.2) is 12.4 Å². The molecule has 0 aliphatic heterocycles. The van der Waals surface area contributed by atoms with Gasteiger partial charge in [0, 0.05) is 12.6 Å². The third kappa shape index (κ3) is 4.64. The zero-order chi connectivity index (χ0) is 12.8. The molecule has 0 spiro atoms. The molecule has 0 aromatic carbocycles. The Morgan fingerprint density at radius 2 is 2.29 bits per heavy atom. The Morgan fingerprint density at radius 1 is 1.59 bits per heavy atom. The first kappa shape index (κ1) is 13.2. The fourth-order valence-corrected chi connectivity index (χ4v) is 1.29. The predicted molar refractivity (Wildman–Crippen MR) is 62.9 cm³/mol. The Morgan fingerprint density at radius 3 is 2.88 bits per heavy atom. The number of amides is 2. The van der Waals surface area contributed by atoms with Gasteiger partial charge in [-0.05, 0) is 12.5 Å². The maximum absolute atomic E-state index is 11.5. The summed E-state index contributed by atoms with van der Waals surface area (Å²) in [6.45, 7) is 2.36. The lowest BCUT2D eigenvalue weighted by Crippen LogP contribution is -2.20. The lowest BCUT2D eigenvalue weighted by Gasteiger charge is -2.07. The van der Waals surface area contributed by atoms with E-state index >= 15 is 0 Å². The fourth-order valence-electron chi connectivity index (χ4n) is 1.29. The van der Waals surface area contributed by atoms with Crippen molar-refractivity contribution in [1.82, 2.24) is 9.78 Å². The molecular formula is C10H17N5O2. The number of nitrogens with zero attached hydrogens (tertiary/aromatic N) is 2. The molecule has 17 heavy (non-hydrogen) atoms. The highest BCUT2D eigenvalue weighted by molar-refractivity contribution is 5.90. The number of nitrogens with two attached hydrogens (primary N) is 2. The molecule has 94 valence electrons. The van der Waals surface area contributed by atoms with Crippen LogP contribution in [0.2, 0.25) is 0 Å². The SMILES string of the molecule is CC(CN)CC(=O)Nc1cnn(CC(N)=O)c1. The number of anilines is 1. The second-order valence-electron chi connectivity index (χ2n) is 3.99. The van der Waals surface area contributed by atoms with Crippen LogP contribution in [0.4, 0.5) is 5.69 Å². The van der Waals surface area contributed by atoms with Crippen LogP contribution in [0.5, 0.6) is 0 Å². The summed E-state index contributed by atoms with van der Waals surface area (Å²) in [6, 6.07) is 0. The van der Waals surface area contributed by atoms with E-state index in [-0.39, 0.29) is 18.4 Å². The molecule has 0 radical (unpaired) electrons. The third-order valence-electron chi connectivity index (χ3n) is 2.17. The minimum atomic E-state index is -0.484. The Kier molecular flexibility index (Phi) is 4.65. The largest absolute Gasteiger partial charge is 0.368 e. The summed E-state index contributed by atoms with van der Waals surface area (Å²) in [7, 11) is 0. The van der Waals surface area contributed by atoms with Gasteiger partial charge in [0.25, 0.3) is 0 Å². The van der Waals surface area contributed by atoms with Crippen LogP contribution >= 0.6 is 0 Å². The molecule has 2 amide bonds. The monoisotopic (exact) mass is 239 g/mol. The molecule has 1 atom stereocenters. The predicted octanol–water partition coefficient (Wildman–Crippen LogP) is -0.708. The Bertz CT molecular complexity index is 401. The van der Waals surface area contributed by atoms with Gasteiger partial charge in [-0.2, -0.15) is 5.10 Å². The molecule has 0 bridgehead atoms. The van der Waals surface area contributed by atoms with Gasteiger partial charge in [-0.25, -0.2) is 0 Å². The van der Waals surface area contributed by atoms with Gasteiger partial charge in [0.2, 0.25) is 11.8 Å². The van der Waals surface area contributed by atoms with Crippen LogP contribution < -0.4 is 16.8 Å². The highest BCUT2D eigenvalue weighted by Gasteiger charge is 2.09. The lowest BCUT2D eigenvalue weighted by molar-refractivity contribution is -0.119. The van der Waals surface area contributed by atoms with E-state index in [1.807, 2.05) is 6.92 Å². The normalized spacial score (nSPS) is 12.1. The van der Waals surface area contributed by atoms with E-state index in [1.165, 1.54) is 10.9 Å².